The van der Waals surface area contributed by atoms with Crippen LogP contribution in [0, 0.1) is 6.92 Å². The molecular formula is C6H10N4OS. The summed E-state index contributed by atoms with van der Waals surface area (Å²) in [6.07, 6.45) is 0. The van der Waals surface area contributed by atoms with Gasteiger partial charge in [-0.2, -0.15) is 4.37 Å². The van der Waals surface area contributed by atoms with Gasteiger partial charge in [0.25, 0.3) is 0 Å². The second-order valence-corrected chi connectivity index (χ2v) is 2.93. The molecule has 66 valence electrons. The lowest BCUT2D eigenvalue weighted by Gasteiger charge is -1.98. The Morgan fingerprint density at radius 1 is 1.67 bits per heavy atom. The summed E-state index contributed by atoms with van der Waals surface area (Å²) in [7, 11) is 1.59. The van der Waals surface area contributed by atoms with Gasteiger partial charge < -0.3 is 10.6 Å². The molecule has 1 heterocycles. The molecule has 0 aliphatic carbocycles. The van der Waals surface area contributed by atoms with E-state index < -0.39 is 0 Å². The van der Waals surface area contributed by atoms with Crippen molar-refractivity contribution in [2.45, 2.75) is 6.92 Å². The Labute approximate surface area is 74.4 Å². The Bertz CT molecular complexity index is 272. The molecule has 1 aromatic heterocycles. The van der Waals surface area contributed by atoms with E-state index in [2.05, 4.69) is 20.0 Å². The highest BCUT2D eigenvalue weighted by Crippen LogP contribution is 2.08. The fraction of sp³-hybridized carbons (Fsp3) is 0.500. The van der Waals surface area contributed by atoms with Crippen molar-refractivity contribution in [2.24, 2.45) is 0 Å². The van der Waals surface area contributed by atoms with Gasteiger partial charge in [0, 0.05) is 18.6 Å². The highest BCUT2D eigenvalue weighted by Gasteiger charge is 2.01. The third-order valence-electron chi connectivity index (χ3n) is 1.21. The van der Waals surface area contributed by atoms with Crippen LogP contribution in [0.1, 0.15) is 5.82 Å². The van der Waals surface area contributed by atoms with Crippen LogP contribution in [-0.2, 0) is 4.79 Å². The van der Waals surface area contributed by atoms with Gasteiger partial charge in [-0.05, 0) is 6.92 Å². The molecule has 0 aliphatic heterocycles. The molecule has 5 nitrogen and oxygen atoms in total. The van der Waals surface area contributed by atoms with Gasteiger partial charge in [-0.1, -0.05) is 0 Å². The first-order valence-electron chi connectivity index (χ1n) is 3.47. The first-order chi connectivity index (χ1) is 5.72. The number of nitrogens with one attached hydrogen (secondary N) is 2. The van der Waals surface area contributed by atoms with Crippen molar-refractivity contribution in [2.75, 3.05) is 18.9 Å². The molecule has 1 rings (SSSR count). The number of amides is 1. The third-order valence-corrected chi connectivity index (χ3v) is 1.97. The lowest BCUT2D eigenvalue weighted by molar-refractivity contribution is -0.118. The SMILES string of the molecule is CNC(=O)CNc1nc(C)ns1. The van der Waals surface area contributed by atoms with Gasteiger partial charge in [0.15, 0.2) is 0 Å². The highest BCUT2D eigenvalue weighted by molar-refractivity contribution is 7.09. The monoisotopic (exact) mass is 186 g/mol. The number of rotatable bonds is 3. The van der Waals surface area contributed by atoms with Crippen LogP contribution in [0.3, 0.4) is 0 Å². The Morgan fingerprint density at radius 2 is 2.42 bits per heavy atom. The summed E-state index contributed by atoms with van der Waals surface area (Å²) in [5.74, 6) is 0.655. The average Bonchev–Trinajstić information content (AvgIpc) is 2.47. The van der Waals surface area contributed by atoms with E-state index in [4.69, 9.17) is 0 Å². The largest absolute Gasteiger partial charge is 0.358 e. The lowest BCUT2D eigenvalue weighted by atomic mass is 10.6. The maximum atomic E-state index is 10.8. The maximum Gasteiger partial charge on any atom is 0.239 e. The Kier molecular flexibility index (Phi) is 2.98. The number of hydrogen-bond acceptors (Lipinski definition) is 5. The van der Waals surface area contributed by atoms with Gasteiger partial charge in [-0.15, -0.1) is 0 Å². The van der Waals surface area contributed by atoms with Crippen LogP contribution in [0.25, 0.3) is 0 Å². The number of nitrogens with zero attached hydrogens (tertiary/aromatic N) is 2. The molecule has 6 heteroatoms. The van der Waals surface area contributed by atoms with E-state index in [9.17, 15) is 4.79 Å². The van der Waals surface area contributed by atoms with Gasteiger partial charge in [-0.25, -0.2) is 4.98 Å². The minimum Gasteiger partial charge on any atom is -0.358 e. The summed E-state index contributed by atoms with van der Waals surface area (Å²) >= 11 is 1.25. The van der Waals surface area contributed by atoms with Crippen LogP contribution in [0.4, 0.5) is 5.13 Å². The van der Waals surface area contributed by atoms with Crippen molar-refractivity contribution in [3.05, 3.63) is 5.82 Å². The summed E-state index contributed by atoms with van der Waals surface area (Å²) < 4.78 is 3.96. The molecule has 0 bridgehead atoms. The molecule has 0 aromatic carbocycles. The van der Waals surface area contributed by atoms with Gasteiger partial charge in [-0.3, -0.25) is 4.79 Å². The molecule has 12 heavy (non-hydrogen) atoms. The summed E-state index contributed by atoms with van der Waals surface area (Å²) in [4.78, 5) is 14.8. The number of carbonyl (C=O) groups excluding carboxylic acids is 1. The molecular weight excluding hydrogens is 176 g/mol. The van der Waals surface area contributed by atoms with E-state index >= 15 is 0 Å². The maximum absolute atomic E-state index is 10.8. The van der Waals surface area contributed by atoms with Crippen molar-refractivity contribution >= 4 is 22.6 Å². The van der Waals surface area contributed by atoms with Crippen LogP contribution in [0.5, 0.6) is 0 Å². The molecule has 2 N–H and O–H groups in total. The summed E-state index contributed by atoms with van der Waals surface area (Å²) in [5.41, 5.74) is 0. The zero-order valence-corrected chi connectivity index (χ0v) is 7.73. The minimum atomic E-state index is -0.0668. The molecule has 0 atom stereocenters. The van der Waals surface area contributed by atoms with Crippen molar-refractivity contribution in [1.82, 2.24) is 14.7 Å². The van der Waals surface area contributed by atoms with Gasteiger partial charge >= 0.3 is 0 Å². The standard InChI is InChI=1S/C6H10N4OS/c1-4-9-6(12-10-4)8-3-5(11)7-2/h3H2,1-2H3,(H,7,11)(H,8,9,10). The molecule has 0 aliphatic rings. The predicted molar refractivity (Wildman–Crippen MR) is 47.2 cm³/mol. The fourth-order valence-electron chi connectivity index (χ4n) is 0.613. The Balaban J connectivity index is 2.38. The van der Waals surface area contributed by atoms with E-state index in [-0.39, 0.29) is 12.5 Å². The van der Waals surface area contributed by atoms with Crippen LogP contribution in [0.15, 0.2) is 0 Å². The second-order valence-electron chi connectivity index (χ2n) is 2.17. The number of aryl methyl sites for hydroxylation is 1. The van der Waals surface area contributed by atoms with Crippen LogP contribution in [-0.4, -0.2) is 28.9 Å². The lowest BCUT2D eigenvalue weighted by Crippen LogP contribution is -2.26. The summed E-state index contributed by atoms with van der Waals surface area (Å²) in [6.45, 7) is 2.05. The predicted octanol–water partition coefficient (Wildman–Crippen LogP) is 0.00442. The number of hydrogen-bond donors (Lipinski definition) is 2. The van der Waals surface area contributed by atoms with Gasteiger partial charge in [0.1, 0.15) is 5.82 Å². The number of anilines is 1. The van der Waals surface area contributed by atoms with Crippen LogP contribution >= 0.6 is 11.5 Å². The molecule has 0 radical (unpaired) electrons. The zero-order valence-electron chi connectivity index (χ0n) is 6.92. The molecule has 0 saturated carbocycles. The van der Waals surface area contributed by atoms with Crippen LogP contribution < -0.4 is 10.6 Å². The van der Waals surface area contributed by atoms with Gasteiger partial charge in [0.2, 0.25) is 11.0 Å². The molecule has 1 amide bonds. The van der Waals surface area contributed by atoms with Crippen LogP contribution in [0.2, 0.25) is 0 Å². The topological polar surface area (TPSA) is 66.9 Å². The Hall–Kier alpha value is -1.17. The smallest absolute Gasteiger partial charge is 0.239 e. The molecule has 0 saturated heterocycles. The Morgan fingerprint density at radius 3 is 2.92 bits per heavy atom. The quantitative estimate of drug-likeness (QED) is 0.697. The first-order valence-corrected chi connectivity index (χ1v) is 4.24. The minimum absolute atomic E-state index is 0.0668. The first kappa shape index (κ1) is 8.92. The summed E-state index contributed by atoms with van der Waals surface area (Å²) in [6, 6.07) is 0. The van der Waals surface area contributed by atoms with E-state index in [0.717, 1.165) is 5.82 Å². The summed E-state index contributed by atoms with van der Waals surface area (Å²) in [5, 5.41) is 6.02. The van der Waals surface area contributed by atoms with Crippen molar-refractivity contribution in [3.63, 3.8) is 0 Å². The fourth-order valence-corrected chi connectivity index (χ4v) is 1.18. The van der Waals surface area contributed by atoms with Crippen molar-refractivity contribution in [3.8, 4) is 0 Å². The van der Waals surface area contributed by atoms with Crippen molar-refractivity contribution in [1.29, 1.82) is 0 Å². The van der Waals surface area contributed by atoms with E-state index in [1.165, 1.54) is 11.5 Å². The number of carbonyl (C=O) groups is 1. The van der Waals surface area contributed by atoms with Gasteiger partial charge in [0.05, 0.1) is 6.54 Å². The number of likely N-dealkylation sites (N-methyl/N-ethyl adjacent to an activating group) is 1. The van der Waals surface area contributed by atoms with E-state index in [1.54, 1.807) is 7.05 Å². The normalized spacial score (nSPS) is 9.50. The molecule has 0 fully saturated rings. The molecule has 0 spiro atoms. The third kappa shape index (κ3) is 2.46. The number of aromatic nitrogens is 2. The van der Waals surface area contributed by atoms with Crippen molar-refractivity contribution < 1.29 is 4.79 Å². The van der Waals surface area contributed by atoms with E-state index in [1.807, 2.05) is 6.92 Å². The highest BCUT2D eigenvalue weighted by atomic mass is 32.1. The zero-order chi connectivity index (χ0) is 8.97. The van der Waals surface area contributed by atoms with E-state index in [0.29, 0.717) is 5.13 Å². The second kappa shape index (κ2) is 4.01. The molecule has 0 unspecified atom stereocenters. The molecule has 1 aromatic rings. The average molecular weight is 186 g/mol.